The summed E-state index contributed by atoms with van der Waals surface area (Å²) < 4.78 is 16.9. The van der Waals surface area contributed by atoms with Gasteiger partial charge in [0.1, 0.15) is 11.4 Å². The molecule has 2 aromatic heterocycles. The molecule has 12 nitrogen and oxygen atoms in total. The molecular weight excluding hydrogens is 483 g/mol. The number of carbonyl (C=O) groups is 2. The number of fused-ring (bicyclic) bond motifs is 1. The van der Waals surface area contributed by atoms with Crippen LogP contribution < -0.4 is 21.4 Å². The summed E-state index contributed by atoms with van der Waals surface area (Å²) in [5, 5.41) is 23.4. The summed E-state index contributed by atoms with van der Waals surface area (Å²) in [5.41, 5.74) is 4.68. The lowest BCUT2D eigenvalue weighted by Gasteiger charge is -2.23. The van der Waals surface area contributed by atoms with Crippen LogP contribution in [0.1, 0.15) is 42.1 Å². The Morgan fingerprint density at radius 2 is 2.09 bits per heavy atom. The van der Waals surface area contributed by atoms with Gasteiger partial charge in [-0.2, -0.15) is 4.80 Å². The van der Waals surface area contributed by atoms with Crippen molar-refractivity contribution in [3.8, 4) is 0 Å². The molecule has 1 aliphatic carbocycles. The maximum Gasteiger partial charge on any atom is 0.341 e. The lowest BCUT2D eigenvalue weighted by Crippen LogP contribution is -2.37. The average molecular weight is 505 g/mol. The van der Waals surface area contributed by atoms with Gasteiger partial charge in [0, 0.05) is 37.8 Å². The van der Waals surface area contributed by atoms with Crippen LogP contribution in [-0.4, -0.2) is 60.9 Å². The van der Waals surface area contributed by atoms with Gasteiger partial charge >= 0.3 is 5.97 Å². The summed E-state index contributed by atoms with van der Waals surface area (Å²) in [6.45, 7) is 0.979. The van der Waals surface area contributed by atoms with Gasteiger partial charge in [0.25, 0.3) is 5.95 Å². The van der Waals surface area contributed by atoms with Gasteiger partial charge in [-0.25, -0.2) is 9.18 Å². The Hall–Kier alpha value is -3.74. The molecule has 1 aliphatic heterocycles. The first kappa shape index (κ1) is 23.0. The van der Waals surface area contributed by atoms with E-state index in [9.17, 15) is 19.5 Å². The zero-order chi connectivity index (χ0) is 24.9. The molecule has 1 aromatic carbocycles. The van der Waals surface area contributed by atoms with Gasteiger partial charge in [0.15, 0.2) is 0 Å². The highest BCUT2D eigenvalue weighted by atomic mass is 35.5. The fourth-order valence-corrected chi connectivity index (χ4v) is 4.86. The van der Waals surface area contributed by atoms with E-state index in [1.807, 2.05) is 0 Å². The molecule has 1 atom stereocenters. The third-order valence-corrected chi connectivity index (χ3v) is 6.59. The summed E-state index contributed by atoms with van der Waals surface area (Å²) in [7, 11) is 0. The summed E-state index contributed by atoms with van der Waals surface area (Å²) in [6, 6.07) is 0.835. The second-order valence-electron chi connectivity index (χ2n) is 8.73. The minimum atomic E-state index is -1.37. The lowest BCUT2D eigenvalue weighted by molar-refractivity contribution is -0.122. The topological polar surface area (TPSA) is 161 Å². The third-order valence-electron chi connectivity index (χ3n) is 6.23. The standard InChI is InChI=1S/C21H22ClFN8O4/c22-16-17-12(19(33)13(20(34)35)9-30(17)11-1-2-11)7-14(23)18(16)29-5-3-10(8-29)25-15(32)4-6-31-27-21(24)26-28-31/h7,9-11H,1-6,8H2,(H2,24,27)(H,25,32)(H,34,35). The predicted molar refractivity (Wildman–Crippen MR) is 124 cm³/mol. The number of pyridine rings is 1. The number of nitrogens with two attached hydrogens (primary N) is 1. The molecule has 0 bridgehead atoms. The number of rotatable bonds is 7. The number of amides is 1. The number of hydrogen-bond acceptors (Lipinski definition) is 8. The summed E-state index contributed by atoms with van der Waals surface area (Å²) in [4.78, 5) is 39.6. The van der Waals surface area contributed by atoms with Crippen LogP contribution in [0.3, 0.4) is 0 Å². The number of carbonyl (C=O) groups excluding carboxylic acids is 1. The van der Waals surface area contributed by atoms with E-state index in [1.54, 1.807) is 9.47 Å². The summed E-state index contributed by atoms with van der Waals surface area (Å²) in [6.07, 6.45) is 3.62. The number of aromatic nitrogens is 5. The Kier molecular flexibility index (Phi) is 5.79. The number of carboxylic acids is 1. The first-order chi connectivity index (χ1) is 16.7. The molecule has 1 saturated heterocycles. The molecule has 4 N–H and O–H groups in total. The quantitative estimate of drug-likeness (QED) is 0.429. The van der Waals surface area contributed by atoms with Crippen molar-refractivity contribution in [1.82, 2.24) is 30.1 Å². The highest BCUT2D eigenvalue weighted by Crippen LogP contribution is 2.42. The van der Waals surface area contributed by atoms with Gasteiger partial charge in [0.05, 0.1) is 28.2 Å². The number of halogens is 2. The predicted octanol–water partition coefficient (Wildman–Crippen LogP) is 1.18. The van der Waals surface area contributed by atoms with Crippen molar-refractivity contribution < 1.29 is 19.1 Å². The minimum absolute atomic E-state index is 0.00690. The number of anilines is 2. The number of nitrogen functional groups attached to an aromatic ring is 1. The molecular formula is C21H22ClFN8O4. The van der Waals surface area contributed by atoms with Crippen LogP contribution in [0.15, 0.2) is 17.1 Å². The molecule has 184 valence electrons. The Morgan fingerprint density at radius 3 is 2.74 bits per heavy atom. The second kappa shape index (κ2) is 8.80. The maximum absolute atomic E-state index is 15.3. The van der Waals surface area contributed by atoms with E-state index in [4.69, 9.17) is 17.3 Å². The van der Waals surface area contributed by atoms with Gasteiger partial charge in [-0.05, 0) is 30.5 Å². The van der Waals surface area contributed by atoms with Crippen molar-refractivity contribution in [1.29, 1.82) is 0 Å². The van der Waals surface area contributed by atoms with Crippen molar-refractivity contribution >= 4 is 46.0 Å². The molecule has 1 saturated carbocycles. The Bertz CT molecular complexity index is 1400. The van der Waals surface area contributed by atoms with Crippen molar-refractivity contribution in [2.75, 3.05) is 23.7 Å². The van der Waals surface area contributed by atoms with E-state index < -0.39 is 22.8 Å². The van der Waals surface area contributed by atoms with Crippen molar-refractivity contribution in [3.05, 3.63) is 38.9 Å². The second-order valence-corrected chi connectivity index (χ2v) is 9.10. The fraction of sp³-hybridized carbons (Fsp3) is 0.429. The van der Waals surface area contributed by atoms with Gasteiger partial charge < -0.3 is 25.6 Å². The van der Waals surface area contributed by atoms with E-state index in [0.29, 0.717) is 25.0 Å². The number of nitrogens with one attached hydrogen (secondary N) is 1. The molecule has 0 spiro atoms. The number of benzene rings is 1. The van der Waals surface area contributed by atoms with E-state index in [2.05, 4.69) is 20.7 Å². The lowest BCUT2D eigenvalue weighted by atomic mass is 10.1. The molecule has 3 heterocycles. The highest BCUT2D eigenvalue weighted by molar-refractivity contribution is 6.38. The monoisotopic (exact) mass is 504 g/mol. The number of aromatic carboxylic acids is 1. The van der Waals surface area contributed by atoms with Gasteiger partial charge in [0.2, 0.25) is 11.3 Å². The number of carboxylic acid groups (broad SMARTS) is 1. The van der Waals surface area contributed by atoms with Crippen LogP contribution in [0.2, 0.25) is 5.02 Å². The Morgan fingerprint density at radius 1 is 1.31 bits per heavy atom. The summed E-state index contributed by atoms with van der Waals surface area (Å²) in [5.74, 6) is -2.28. The number of aryl methyl sites for hydroxylation is 1. The average Bonchev–Trinajstić information content (AvgIpc) is 3.41. The zero-order valence-electron chi connectivity index (χ0n) is 18.4. The SMILES string of the molecule is Nc1nnn(CCC(=O)NC2CCN(c3c(F)cc4c(=O)c(C(=O)O)cn(C5CC5)c4c3Cl)C2)n1. The molecule has 5 rings (SSSR count). The van der Waals surface area contributed by atoms with Crippen LogP contribution in [0, 0.1) is 5.82 Å². The smallest absolute Gasteiger partial charge is 0.341 e. The molecule has 35 heavy (non-hydrogen) atoms. The largest absolute Gasteiger partial charge is 0.477 e. The molecule has 2 aliphatic rings. The molecule has 3 aromatic rings. The zero-order valence-corrected chi connectivity index (χ0v) is 19.2. The van der Waals surface area contributed by atoms with Gasteiger partial charge in [-0.3, -0.25) is 9.59 Å². The van der Waals surface area contributed by atoms with Crippen molar-refractivity contribution in [2.24, 2.45) is 0 Å². The molecule has 14 heteroatoms. The molecule has 1 unspecified atom stereocenters. The van der Waals surface area contributed by atoms with Crippen LogP contribution in [0.25, 0.3) is 10.9 Å². The number of tetrazole rings is 1. The molecule has 2 fully saturated rings. The van der Waals surface area contributed by atoms with E-state index >= 15 is 4.39 Å². The summed E-state index contributed by atoms with van der Waals surface area (Å²) >= 11 is 6.67. The third kappa shape index (κ3) is 4.38. The molecule has 1 amide bonds. The fourth-order valence-electron chi connectivity index (χ4n) is 4.45. The molecule has 0 radical (unpaired) electrons. The Labute approximate surface area is 202 Å². The number of hydrogen-bond donors (Lipinski definition) is 3. The normalized spacial score (nSPS) is 17.8. The van der Waals surface area contributed by atoms with E-state index in [-0.39, 0.29) is 53.0 Å². The maximum atomic E-state index is 15.3. The Balaban J connectivity index is 1.38. The number of nitrogens with zero attached hydrogens (tertiary/aromatic N) is 6. The van der Waals surface area contributed by atoms with E-state index in [0.717, 1.165) is 18.9 Å². The van der Waals surface area contributed by atoms with Crippen molar-refractivity contribution in [3.63, 3.8) is 0 Å². The van der Waals surface area contributed by atoms with E-state index in [1.165, 1.54) is 11.0 Å². The first-order valence-electron chi connectivity index (χ1n) is 11.1. The van der Waals surface area contributed by atoms with Crippen LogP contribution in [0.5, 0.6) is 0 Å². The van der Waals surface area contributed by atoms with Gasteiger partial charge in [-0.1, -0.05) is 16.7 Å². The van der Waals surface area contributed by atoms with Crippen LogP contribution in [0.4, 0.5) is 16.0 Å². The first-order valence-corrected chi connectivity index (χ1v) is 11.5. The van der Waals surface area contributed by atoms with Crippen LogP contribution >= 0.6 is 11.6 Å². The van der Waals surface area contributed by atoms with Crippen molar-refractivity contribution in [2.45, 2.75) is 44.3 Å². The minimum Gasteiger partial charge on any atom is -0.477 e. The highest BCUT2D eigenvalue weighted by Gasteiger charge is 2.32. The van der Waals surface area contributed by atoms with Crippen LogP contribution in [-0.2, 0) is 11.3 Å². The van der Waals surface area contributed by atoms with Gasteiger partial charge in [-0.15, -0.1) is 5.10 Å².